The number of ether oxygens (including phenoxy) is 1. The van der Waals surface area contributed by atoms with Crippen LogP contribution in [0.25, 0.3) is 0 Å². The molecule has 1 amide bonds. The molecule has 0 unspecified atom stereocenters. The van der Waals surface area contributed by atoms with E-state index in [1.54, 1.807) is 17.0 Å². The van der Waals surface area contributed by atoms with Gasteiger partial charge in [0.2, 0.25) is 0 Å². The molecule has 100 valence electrons. The maximum atomic E-state index is 12.1. The van der Waals surface area contributed by atoms with E-state index in [2.05, 4.69) is 4.98 Å². The molecule has 0 atom stereocenters. The van der Waals surface area contributed by atoms with Gasteiger partial charge in [-0.2, -0.15) is 0 Å². The molecule has 0 aromatic carbocycles. The summed E-state index contributed by atoms with van der Waals surface area (Å²) in [7, 11) is 0. The van der Waals surface area contributed by atoms with Gasteiger partial charge in [-0.15, -0.1) is 0 Å². The van der Waals surface area contributed by atoms with Crippen molar-refractivity contribution in [3.63, 3.8) is 0 Å². The van der Waals surface area contributed by atoms with Gasteiger partial charge < -0.3 is 15.4 Å². The molecular formula is C13H21N3O2. The standard InChI is InChI=1S/C11H15N3O2.C2H6/c1-8-6-9(7-10(12)13-8)11(15)14-2-4-16-5-3-14;1-2/h6-7H,2-5H2,1H3,(H2,12,13);1-2H3. The van der Waals surface area contributed by atoms with E-state index in [0.717, 1.165) is 5.69 Å². The lowest BCUT2D eigenvalue weighted by Gasteiger charge is -2.26. The lowest BCUT2D eigenvalue weighted by molar-refractivity contribution is 0.0303. The third-order valence-electron chi connectivity index (χ3n) is 2.52. The highest BCUT2D eigenvalue weighted by Crippen LogP contribution is 2.11. The molecule has 1 aromatic rings. The second-order valence-corrected chi connectivity index (χ2v) is 3.83. The molecule has 1 saturated heterocycles. The third-order valence-corrected chi connectivity index (χ3v) is 2.52. The van der Waals surface area contributed by atoms with Crippen molar-refractivity contribution in [1.82, 2.24) is 9.88 Å². The lowest BCUT2D eigenvalue weighted by Crippen LogP contribution is -2.40. The molecule has 1 fully saturated rings. The van der Waals surface area contributed by atoms with Gasteiger partial charge in [0.05, 0.1) is 13.2 Å². The third kappa shape index (κ3) is 3.70. The van der Waals surface area contributed by atoms with Crippen molar-refractivity contribution in [3.05, 3.63) is 23.4 Å². The number of nitrogen functional groups attached to an aromatic ring is 1. The summed E-state index contributed by atoms with van der Waals surface area (Å²) in [4.78, 5) is 17.9. The Balaban J connectivity index is 0.000000771. The van der Waals surface area contributed by atoms with Gasteiger partial charge in [0.25, 0.3) is 5.91 Å². The van der Waals surface area contributed by atoms with Crippen LogP contribution in [-0.2, 0) is 4.74 Å². The number of amides is 1. The Kier molecular flexibility index (Phi) is 5.58. The first-order chi connectivity index (χ1) is 8.66. The Morgan fingerprint density at radius 3 is 2.50 bits per heavy atom. The lowest BCUT2D eigenvalue weighted by atomic mass is 10.2. The van der Waals surface area contributed by atoms with Crippen LogP contribution in [-0.4, -0.2) is 42.1 Å². The Morgan fingerprint density at radius 1 is 1.33 bits per heavy atom. The maximum Gasteiger partial charge on any atom is 0.254 e. The van der Waals surface area contributed by atoms with Crippen molar-refractivity contribution in [2.24, 2.45) is 0 Å². The zero-order valence-corrected chi connectivity index (χ0v) is 11.3. The predicted molar refractivity (Wildman–Crippen MR) is 71.5 cm³/mol. The van der Waals surface area contributed by atoms with Crippen LogP contribution in [0, 0.1) is 6.92 Å². The van der Waals surface area contributed by atoms with E-state index in [1.807, 2.05) is 20.8 Å². The largest absolute Gasteiger partial charge is 0.384 e. The summed E-state index contributed by atoms with van der Waals surface area (Å²) in [6, 6.07) is 3.37. The predicted octanol–water partition coefficient (Wildman–Crippen LogP) is 1.47. The van der Waals surface area contributed by atoms with Crippen molar-refractivity contribution in [2.75, 3.05) is 32.0 Å². The van der Waals surface area contributed by atoms with Crippen LogP contribution in [0.2, 0.25) is 0 Å². The summed E-state index contributed by atoms with van der Waals surface area (Å²) in [5.74, 6) is 0.386. The molecule has 1 aromatic heterocycles. The van der Waals surface area contributed by atoms with Crippen LogP contribution in [0.3, 0.4) is 0 Å². The van der Waals surface area contributed by atoms with Crippen molar-refractivity contribution in [3.8, 4) is 0 Å². The molecule has 5 nitrogen and oxygen atoms in total. The fourth-order valence-corrected chi connectivity index (χ4v) is 1.77. The average Bonchev–Trinajstić information content (AvgIpc) is 2.40. The maximum absolute atomic E-state index is 12.1. The molecule has 1 aliphatic heterocycles. The van der Waals surface area contributed by atoms with Crippen molar-refractivity contribution < 1.29 is 9.53 Å². The summed E-state index contributed by atoms with van der Waals surface area (Å²) in [5, 5.41) is 0. The van der Waals surface area contributed by atoms with Gasteiger partial charge in [0.1, 0.15) is 5.82 Å². The van der Waals surface area contributed by atoms with Crippen LogP contribution >= 0.6 is 0 Å². The molecule has 2 heterocycles. The molecule has 2 rings (SSSR count). The second-order valence-electron chi connectivity index (χ2n) is 3.83. The zero-order chi connectivity index (χ0) is 13.5. The van der Waals surface area contributed by atoms with Gasteiger partial charge in [-0.05, 0) is 19.1 Å². The minimum Gasteiger partial charge on any atom is -0.384 e. The van der Waals surface area contributed by atoms with Gasteiger partial charge in [-0.3, -0.25) is 4.79 Å². The van der Waals surface area contributed by atoms with E-state index in [-0.39, 0.29) is 5.91 Å². The van der Waals surface area contributed by atoms with E-state index >= 15 is 0 Å². The van der Waals surface area contributed by atoms with E-state index < -0.39 is 0 Å². The highest BCUT2D eigenvalue weighted by Gasteiger charge is 2.18. The van der Waals surface area contributed by atoms with Crippen LogP contribution in [0.1, 0.15) is 29.9 Å². The highest BCUT2D eigenvalue weighted by atomic mass is 16.5. The van der Waals surface area contributed by atoms with E-state index in [9.17, 15) is 4.79 Å². The Labute approximate surface area is 108 Å². The highest BCUT2D eigenvalue weighted by molar-refractivity contribution is 5.95. The first kappa shape index (κ1) is 14.4. The number of rotatable bonds is 1. The number of pyridine rings is 1. The average molecular weight is 251 g/mol. The number of anilines is 1. The number of aromatic nitrogens is 1. The fourth-order valence-electron chi connectivity index (χ4n) is 1.77. The van der Waals surface area contributed by atoms with Gasteiger partial charge in [-0.25, -0.2) is 4.98 Å². The number of aryl methyl sites for hydroxylation is 1. The first-order valence-electron chi connectivity index (χ1n) is 6.28. The molecule has 18 heavy (non-hydrogen) atoms. The molecule has 0 saturated carbocycles. The van der Waals surface area contributed by atoms with Crippen molar-refractivity contribution in [1.29, 1.82) is 0 Å². The summed E-state index contributed by atoms with van der Waals surface area (Å²) in [5.41, 5.74) is 6.98. The number of morpholine rings is 1. The Morgan fingerprint density at radius 2 is 1.94 bits per heavy atom. The fraction of sp³-hybridized carbons (Fsp3) is 0.538. The summed E-state index contributed by atoms with van der Waals surface area (Å²) < 4.78 is 5.20. The number of carbonyl (C=O) groups excluding carboxylic acids is 1. The number of hydrogen-bond acceptors (Lipinski definition) is 4. The SMILES string of the molecule is CC.Cc1cc(C(=O)N2CCOCC2)cc(N)n1. The summed E-state index contributed by atoms with van der Waals surface area (Å²) in [6.07, 6.45) is 0. The Bertz CT molecular complexity index is 381. The first-order valence-corrected chi connectivity index (χ1v) is 6.28. The second kappa shape index (κ2) is 6.96. The number of carbonyl (C=O) groups is 1. The van der Waals surface area contributed by atoms with Crippen molar-refractivity contribution >= 4 is 11.7 Å². The Hall–Kier alpha value is -1.62. The van der Waals surface area contributed by atoms with Gasteiger partial charge in [-0.1, -0.05) is 13.8 Å². The molecule has 0 bridgehead atoms. The minimum atomic E-state index is 0.000463. The van der Waals surface area contributed by atoms with Gasteiger partial charge >= 0.3 is 0 Å². The molecule has 2 N–H and O–H groups in total. The smallest absolute Gasteiger partial charge is 0.254 e. The topological polar surface area (TPSA) is 68.5 Å². The monoisotopic (exact) mass is 251 g/mol. The van der Waals surface area contributed by atoms with Crippen LogP contribution in [0.4, 0.5) is 5.82 Å². The molecule has 0 aliphatic carbocycles. The van der Waals surface area contributed by atoms with Crippen LogP contribution < -0.4 is 5.73 Å². The molecule has 0 radical (unpaired) electrons. The number of hydrogen-bond donors (Lipinski definition) is 1. The van der Waals surface area contributed by atoms with Crippen molar-refractivity contribution in [2.45, 2.75) is 20.8 Å². The minimum absolute atomic E-state index is 0.000463. The summed E-state index contributed by atoms with van der Waals surface area (Å²) in [6.45, 7) is 8.31. The molecule has 0 spiro atoms. The summed E-state index contributed by atoms with van der Waals surface area (Å²) >= 11 is 0. The van der Waals surface area contributed by atoms with E-state index in [4.69, 9.17) is 10.5 Å². The van der Waals surface area contributed by atoms with Gasteiger partial charge in [0.15, 0.2) is 0 Å². The quantitative estimate of drug-likeness (QED) is 0.820. The number of nitrogens with zero attached hydrogens (tertiary/aromatic N) is 2. The van der Waals surface area contributed by atoms with E-state index in [0.29, 0.717) is 37.7 Å². The molecule has 1 aliphatic rings. The van der Waals surface area contributed by atoms with Crippen LogP contribution in [0.15, 0.2) is 12.1 Å². The van der Waals surface area contributed by atoms with Gasteiger partial charge in [0, 0.05) is 24.3 Å². The zero-order valence-electron chi connectivity index (χ0n) is 11.3. The van der Waals surface area contributed by atoms with Crippen LogP contribution in [0.5, 0.6) is 0 Å². The molecule has 5 heteroatoms. The normalized spacial score (nSPS) is 14.7. The van der Waals surface area contributed by atoms with E-state index in [1.165, 1.54) is 0 Å². The molecular weight excluding hydrogens is 230 g/mol. The number of nitrogens with two attached hydrogens (primary N) is 1.